The summed E-state index contributed by atoms with van der Waals surface area (Å²) < 4.78 is 13.3. The van der Waals surface area contributed by atoms with Crippen LogP contribution in [0.25, 0.3) is 11.3 Å². The molecule has 3 aromatic rings. The minimum atomic E-state index is -0.287. The number of anilines is 1. The molecule has 0 unspecified atom stereocenters. The van der Waals surface area contributed by atoms with Gasteiger partial charge in [0.2, 0.25) is 0 Å². The zero-order chi connectivity index (χ0) is 23.8. The van der Waals surface area contributed by atoms with Crippen LogP contribution in [0, 0.1) is 0 Å². The van der Waals surface area contributed by atoms with E-state index >= 15 is 0 Å². The zero-order valence-corrected chi connectivity index (χ0v) is 20.1. The Bertz CT molecular complexity index is 1080. The lowest BCUT2D eigenvalue weighted by Gasteiger charge is -2.26. The molecule has 0 radical (unpaired) electrons. The molecule has 4 rings (SSSR count). The number of carbonyl (C=O) groups excluding carboxylic acids is 1. The number of ether oxygens (including phenoxy) is 2. The smallest absolute Gasteiger partial charge is 0.319 e. The van der Waals surface area contributed by atoms with Crippen LogP contribution < -0.4 is 15.4 Å². The first-order chi connectivity index (χ1) is 16.6. The molecule has 0 bridgehead atoms. The zero-order valence-electron chi connectivity index (χ0n) is 19.3. The molecule has 2 N–H and O–H groups in total. The van der Waals surface area contributed by atoms with Crippen molar-refractivity contribution in [3.8, 4) is 17.0 Å². The summed E-state index contributed by atoms with van der Waals surface area (Å²) in [6.07, 6.45) is 2.67. The summed E-state index contributed by atoms with van der Waals surface area (Å²) in [5, 5.41) is 10.7. The van der Waals surface area contributed by atoms with Crippen molar-refractivity contribution in [2.75, 3.05) is 44.8 Å². The van der Waals surface area contributed by atoms with Gasteiger partial charge in [0.1, 0.15) is 5.75 Å². The Balaban J connectivity index is 1.37. The molecule has 1 saturated heterocycles. The van der Waals surface area contributed by atoms with Crippen LogP contribution in [0.2, 0.25) is 5.02 Å². The lowest BCUT2D eigenvalue weighted by molar-refractivity contribution is 0.0358. The highest BCUT2D eigenvalue weighted by Crippen LogP contribution is 2.32. The van der Waals surface area contributed by atoms with E-state index in [4.69, 9.17) is 21.1 Å². The van der Waals surface area contributed by atoms with E-state index < -0.39 is 0 Å². The van der Waals surface area contributed by atoms with Crippen molar-refractivity contribution in [2.24, 2.45) is 7.05 Å². The maximum Gasteiger partial charge on any atom is 0.319 e. The number of nitrogens with one attached hydrogen (secondary N) is 2. The van der Waals surface area contributed by atoms with Gasteiger partial charge in [0, 0.05) is 55.7 Å². The van der Waals surface area contributed by atoms with Crippen molar-refractivity contribution in [1.29, 1.82) is 0 Å². The van der Waals surface area contributed by atoms with E-state index in [0.717, 1.165) is 61.8 Å². The quantitative estimate of drug-likeness (QED) is 0.447. The fourth-order valence-corrected chi connectivity index (χ4v) is 3.95. The normalized spacial score (nSPS) is 14.1. The highest BCUT2D eigenvalue weighted by Gasteiger charge is 2.14. The van der Waals surface area contributed by atoms with Crippen molar-refractivity contribution in [3.05, 3.63) is 65.3 Å². The van der Waals surface area contributed by atoms with Gasteiger partial charge in [0.15, 0.2) is 0 Å². The molecule has 9 heteroatoms. The molecule has 2 heterocycles. The van der Waals surface area contributed by atoms with Crippen LogP contribution in [-0.4, -0.2) is 60.2 Å². The molecule has 180 valence electrons. The third-order valence-corrected chi connectivity index (χ3v) is 5.93. The second kappa shape index (κ2) is 11.9. The van der Waals surface area contributed by atoms with E-state index in [-0.39, 0.29) is 6.03 Å². The third-order valence-electron chi connectivity index (χ3n) is 5.68. The van der Waals surface area contributed by atoms with Crippen LogP contribution in [0.1, 0.15) is 12.0 Å². The third kappa shape index (κ3) is 6.72. The van der Waals surface area contributed by atoms with Gasteiger partial charge in [0.05, 0.1) is 25.5 Å². The number of aromatic nitrogens is 2. The number of carbonyl (C=O) groups is 1. The van der Waals surface area contributed by atoms with Crippen molar-refractivity contribution >= 4 is 23.3 Å². The molecule has 0 aliphatic carbocycles. The molecule has 0 saturated carbocycles. The van der Waals surface area contributed by atoms with E-state index in [2.05, 4.69) is 20.6 Å². The largest absolute Gasteiger partial charge is 0.493 e. The highest BCUT2D eigenvalue weighted by molar-refractivity contribution is 6.30. The second-order valence-electron chi connectivity index (χ2n) is 8.14. The molecule has 2 aromatic carbocycles. The standard InChI is InChI=1S/C25H30ClN5O3/c1-30-23(9-10-28-30)22-17-21(29-25(32)27-18-19-3-5-20(26)6-4-19)7-8-24(22)34-14-2-11-31-12-15-33-16-13-31/h3-10,17H,2,11-16,18H2,1H3,(H2,27,29,32). The predicted molar refractivity (Wildman–Crippen MR) is 133 cm³/mol. The molecule has 2 amide bonds. The van der Waals surface area contributed by atoms with Crippen molar-refractivity contribution in [3.63, 3.8) is 0 Å². The Kier molecular flexibility index (Phi) is 8.41. The molecule has 0 spiro atoms. The second-order valence-corrected chi connectivity index (χ2v) is 8.58. The summed E-state index contributed by atoms with van der Waals surface area (Å²) in [5.41, 5.74) is 3.43. The number of halogens is 1. The van der Waals surface area contributed by atoms with Gasteiger partial charge in [-0.3, -0.25) is 9.58 Å². The first-order valence-electron chi connectivity index (χ1n) is 11.4. The fourth-order valence-electron chi connectivity index (χ4n) is 3.83. The topological polar surface area (TPSA) is 80.7 Å². The first kappa shape index (κ1) is 24.1. The molecule has 34 heavy (non-hydrogen) atoms. The van der Waals surface area contributed by atoms with Gasteiger partial charge in [-0.05, 0) is 48.4 Å². The summed E-state index contributed by atoms with van der Waals surface area (Å²) in [4.78, 5) is 14.8. The molecule has 0 atom stereocenters. The van der Waals surface area contributed by atoms with Gasteiger partial charge in [-0.1, -0.05) is 23.7 Å². The van der Waals surface area contributed by atoms with E-state index in [1.807, 2.05) is 43.4 Å². The molecule has 1 aliphatic heterocycles. The average Bonchev–Trinajstić information content (AvgIpc) is 3.28. The van der Waals surface area contributed by atoms with E-state index in [0.29, 0.717) is 23.9 Å². The van der Waals surface area contributed by atoms with E-state index in [1.54, 1.807) is 23.0 Å². The maximum absolute atomic E-state index is 12.5. The Morgan fingerprint density at radius 3 is 2.68 bits per heavy atom. The van der Waals surface area contributed by atoms with Gasteiger partial charge in [-0.25, -0.2) is 4.79 Å². The highest BCUT2D eigenvalue weighted by atomic mass is 35.5. The van der Waals surface area contributed by atoms with Gasteiger partial charge in [0.25, 0.3) is 0 Å². The number of morpholine rings is 1. The van der Waals surface area contributed by atoms with Crippen molar-refractivity contribution in [2.45, 2.75) is 13.0 Å². The summed E-state index contributed by atoms with van der Waals surface area (Å²) in [5.74, 6) is 0.762. The fraction of sp³-hybridized carbons (Fsp3) is 0.360. The Labute approximate surface area is 204 Å². The summed E-state index contributed by atoms with van der Waals surface area (Å²) in [6, 6.07) is 14.7. The predicted octanol–water partition coefficient (Wildman–Crippen LogP) is 4.16. The SMILES string of the molecule is Cn1nccc1-c1cc(NC(=O)NCc2ccc(Cl)cc2)ccc1OCCCN1CCOCC1. The summed E-state index contributed by atoms with van der Waals surface area (Å²) in [7, 11) is 1.89. The van der Waals surface area contributed by atoms with Crippen LogP contribution >= 0.6 is 11.6 Å². The number of amides is 2. The van der Waals surface area contributed by atoms with Crippen LogP contribution in [0.15, 0.2) is 54.7 Å². The summed E-state index contributed by atoms with van der Waals surface area (Å²) >= 11 is 5.92. The van der Waals surface area contributed by atoms with Gasteiger partial charge >= 0.3 is 6.03 Å². The van der Waals surface area contributed by atoms with E-state index in [1.165, 1.54) is 0 Å². The first-order valence-corrected chi connectivity index (χ1v) is 11.8. The average molecular weight is 484 g/mol. The van der Waals surface area contributed by atoms with Crippen LogP contribution in [0.5, 0.6) is 5.75 Å². The molecule has 1 aromatic heterocycles. The van der Waals surface area contributed by atoms with Crippen molar-refractivity contribution < 1.29 is 14.3 Å². The molecule has 1 fully saturated rings. The lowest BCUT2D eigenvalue weighted by Crippen LogP contribution is -2.37. The minimum Gasteiger partial charge on any atom is -0.493 e. The van der Waals surface area contributed by atoms with Crippen LogP contribution in [0.3, 0.4) is 0 Å². The lowest BCUT2D eigenvalue weighted by atomic mass is 10.1. The minimum absolute atomic E-state index is 0.287. The number of hydrogen-bond acceptors (Lipinski definition) is 5. The van der Waals surface area contributed by atoms with Crippen LogP contribution in [0.4, 0.5) is 10.5 Å². The number of urea groups is 1. The van der Waals surface area contributed by atoms with Crippen LogP contribution in [-0.2, 0) is 18.3 Å². The molecular formula is C25H30ClN5O3. The van der Waals surface area contributed by atoms with E-state index in [9.17, 15) is 4.79 Å². The van der Waals surface area contributed by atoms with Crippen molar-refractivity contribution in [1.82, 2.24) is 20.0 Å². The number of aryl methyl sites for hydroxylation is 1. The number of nitrogens with zero attached hydrogens (tertiary/aromatic N) is 3. The Morgan fingerprint density at radius 1 is 1.15 bits per heavy atom. The van der Waals surface area contributed by atoms with Gasteiger partial charge < -0.3 is 20.1 Å². The molecule has 1 aliphatic rings. The number of benzene rings is 2. The number of hydrogen-bond donors (Lipinski definition) is 2. The summed E-state index contributed by atoms with van der Waals surface area (Å²) in [6.45, 7) is 5.54. The Morgan fingerprint density at radius 2 is 1.94 bits per heavy atom. The number of rotatable bonds is 9. The van der Waals surface area contributed by atoms with Gasteiger partial charge in [-0.15, -0.1) is 0 Å². The maximum atomic E-state index is 12.5. The van der Waals surface area contributed by atoms with Gasteiger partial charge in [-0.2, -0.15) is 5.10 Å². The molecule has 8 nitrogen and oxygen atoms in total. The monoisotopic (exact) mass is 483 g/mol. The molecular weight excluding hydrogens is 454 g/mol. The Hall–Kier alpha value is -3.07.